The van der Waals surface area contributed by atoms with Gasteiger partial charge in [0.25, 0.3) is 5.91 Å². The van der Waals surface area contributed by atoms with E-state index in [1.54, 1.807) is 6.20 Å². The van der Waals surface area contributed by atoms with Crippen LogP contribution in [0.4, 0.5) is 0 Å². The lowest BCUT2D eigenvalue weighted by atomic mass is 10.1. The number of hydrogen-bond acceptors (Lipinski definition) is 4. The zero-order valence-electron chi connectivity index (χ0n) is 16.2. The Morgan fingerprint density at radius 1 is 1.00 bits per heavy atom. The highest BCUT2D eigenvalue weighted by molar-refractivity contribution is 5.94. The Hall–Kier alpha value is -3.08. The van der Waals surface area contributed by atoms with E-state index in [2.05, 4.69) is 20.3 Å². The fourth-order valence-corrected chi connectivity index (χ4v) is 2.98. The van der Waals surface area contributed by atoms with Crippen molar-refractivity contribution in [3.63, 3.8) is 0 Å². The highest BCUT2D eigenvalue weighted by Crippen LogP contribution is 2.20. The molecular formula is C22H24N4O. The number of nitrogens with zero attached hydrogens (tertiary/aromatic N) is 3. The average molecular weight is 360 g/mol. The van der Waals surface area contributed by atoms with E-state index in [0.29, 0.717) is 12.0 Å². The first-order valence-corrected chi connectivity index (χ1v) is 9.06. The summed E-state index contributed by atoms with van der Waals surface area (Å²) in [7, 11) is 0. The predicted molar refractivity (Wildman–Crippen MR) is 107 cm³/mol. The number of carbonyl (C=O) groups is 1. The molecule has 0 aliphatic carbocycles. The van der Waals surface area contributed by atoms with Crippen LogP contribution in [0.1, 0.15) is 40.1 Å². The third-order valence-corrected chi connectivity index (χ3v) is 4.34. The van der Waals surface area contributed by atoms with Crippen LogP contribution >= 0.6 is 0 Å². The SMILES string of the molecule is Cc1cccc(CC(C)NC(=O)c2ccc(-c3nc(C)cnc3C)cc2)n1. The number of nitrogens with one attached hydrogen (secondary N) is 1. The van der Waals surface area contributed by atoms with Crippen molar-refractivity contribution in [1.82, 2.24) is 20.3 Å². The summed E-state index contributed by atoms with van der Waals surface area (Å²) in [5.41, 5.74) is 6.13. The quantitative estimate of drug-likeness (QED) is 0.751. The molecule has 0 aliphatic rings. The summed E-state index contributed by atoms with van der Waals surface area (Å²) in [6.07, 6.45) is 2.45. The first kappa shape index (κ1) is 18.7. The van der Waals surface area contributed by atoms with E-state index in [0.717, 1.165) is 34.0 Å². The van der Waals surface area contributed by atoms with Gasteiger partial charge < -0.3 is 5.32 Å². The van der Waals surface area contributed by atoms with Crippen molar-refractivity contribution in [3.8, 4) is 11.3 Å². The Labute approximate surface area is 159 Å². The van der Waals surface area contributed by atoms with Crippen molar-refractivity contribution < 1.29 is 4.79 Å². The molecule has 2 aromatic heterocycles. The van der Waals surface area contributed by atoms with Gasteiger partial charge in [-0.05, 0) is 52.0 Å². The molecule has 0 saturated heterocycles. The van der Waals surface area contributed by atoms with Crippen LogP contribution in [0.25, 0.3) is 11.3 Å². The van der Waals surface area contributed by atoms with Crippen molar-refractivity contribution in [2.24, 2.45) is 0 Å². The lowest BCUT2D eigenvalue weighted by molar-refractivity contribution is 0.0940. The molecule has 0 saturated carbocycles. The van der Waals surface area contributed by atoms with Crippen molar-refractivity contribution >= 4 is 5.91 Å². The Kier molecular flexibility index (Phi) is 5.60. The predicted octanol–water partition coefficient (Wildman–Crippen LogP) is 3.82. The molecule has 138 valence electrons. The zero-order valence-corrected chi connectivity index (χ0v) is 16.2. The van der Waals surface area contributed by atoms with Gasteiger partial charge >= 0.3 is 0 Å². The van der Waals surface area contributed by atoms with Gasteiger partial charge in [0.1, 0.15) is 0 Å². The summed E-state index contributed by atoms with van der Waals surface area (Å²) in [4.78, 5) is 25.9. The zero-order chi connectivity index (χ0) is 19.4. The topological polar surface area (TPSA) is 67.8 Å². The number of hydrogen-bond donors (Lipinski definition) is 1. The molecule has 27 heavy (non-hydrogen) atoms. The van der Waals surface area contributed by atoms with Gasteiger partial charge in [0, 0.05) is 41.2 Å². The largest absolute Gasteiger partial charge is 0.349 e. The molecule has 0 bridgehead atoms. The lowest BCUT2D eigenvalue weighted by Crippen LogP contribution is -2.34. The van der Waals surface area contributed by atoms with Crippen LogP contribution in [0.3, 0.4) is 0 Å². The third kappa shape index (κ3) is 4.76. The molecule has 5 heteroatoms. The lowest BCUT2D eigenvalue weighted by Gasteiger charge is -2.14. The number of aryl methyl sites for hydroxylation is 3. The van der Waals surface area contributed by atoms with Crippen molar-refractivity contribution in [3.05, 3.63) is 77.0 Å². The molecule has 1 unspecified atom stereocenters. The fourth-order valence-electron chi connectivity index (χ4n) is 2.98. The van der Waals surface area contributed by atoms with E-state index in [-0.39, 0.29) is 11.9 Å². The standard InChI is InChI=1S/C22H24N4O/c1-14-6-5-7-20(24-14)12-15(2)26-22(27)19-10-8-18(9-11-19)21-17(4)23-13-16(3)25-21/h5-11,13,15H,12H2,1-4H3,(H,26,27). The first-order chi connectivity index (χ1) is 12.9. The smallest absolute Gasteiger partial charge is 0.251 e. The van der Waals surface area contributed by atoms with E-state index in [1.165, 1.54) is 0 Å². The van der Waals surface area contributed by atoms with Crippen LogP contribution in [-0.2, 0) is 6.42 Å². The van der Waals surface area contributed by atoms with Crippen LogP contribution < -0.4 is 5.32 Å². The van der Waals surface area contributed by atoms with E-state index < -0.39 is 0 Å². The van der Waals surface area contributed by atoms with Gasteiger partial charge in [0.15, 0.2) is 0 Å². The normalized spacial score (nSPS) is 11.9. The van der Waals surface area contributed by atoms with Gasteiger partial charge in [-0.1, -0.05) is 18.2 Å². The van der Waals surface area contributed by atoms with E-state index >= 15 is 0 Å². The highest BCUT2D eigenvalue weighted by Gasteiger charge is 2.12. The van der Waals surface area contributed by atoms with Crippen molar-refractivity contribution in [1.29, 1.82) is 0 Å². The summed E-state index contributed by atoms with van der Waals surface area (Å²) in [6, 6.07) is 13.4. The molecule has 1 aromatic carbocycles. The third-order valence-electron chi connectivity index (χ3n) is 4.34. The summed E-state index contributed by atoms with van der Waals surface area (Å²) in [5.74, 6) is -0.0891. The average Bonchev–Trinajstić information content (AvgIpc) is 2.64. The molecule has 3 rings (SSSR count). The Bertz CT molecular complexity index is 951. The maximum absolute atomic E-state index is 12.5. The second kappa shape index (κ2) is 8.08. The van der Waals surface area contributed by atoms with Crippen LogP contribution in [0, 0.1) is 20.8 Å². The molecule has 2 heterocycles. The number of pyridine rings is 1. The second-order valence-corrected chi connectivity index (χ2v) is 6.87. The molecule has 1 N–H and O–H groups in total. The van der Waals surface area contributed by atoms with Gasteiger partial charge in [-0.2, -0.15) is 0 Å². The van der Waals surface area contributed by atoms with E-state index in [1.807, 2.05) is 70.2 Å². The van der Waals surface area contributed by atoms with Crippen LogP contribution in [0.15, 0.2) is 48.7 Å². The molecule has 1 atom stereocenters. The Morgan fingerprint density at radius 2 is 1.74 bits per heavy atom. The van der Waals surface area contributed by atoms with Crippen LogP contribution in [-0.4, -0.2) is 26.9 Å². The van der Waals surface area contributed by atoms with E-state index in [4.69, 9.17) is 0 Å². The minimum atomic E-state index is -0.0891. The Morgan fingerprint density at radius 3 is 2.44 bits per heavy atom. The number of benzene rings is 1. The molecule has 1 amide bonds. The highest BCUT2D eigenvalue weighted by atomic mass is 16.1. The van der Waals surface area contributed by atoms with Crippen LogP contribution in [0.2, 0.25) is 0 Å². The summed E-state index contributed by atoms with van der Waals surface area (Å²) in [5, 5.41) is 3.04. The number of amides is 1. The number of aromatic nitrogens is 3. The van der Waals surface area contributed by atoms with Gasteiger partial charge in [-0.25, -0.2) is 4.98 Å². The number of carbonyl (C=O) groups excluding carboxylic acids is 1. The van der Waals surface area contributed by atoms with Gasteiger partial charge in [0.2, 0.25) is 0 Å². The minimum absolute atomic E-state index is 0.00337. The Balaban J connectivity index is 1.67. The van der Waals surface area contributed by atoms with Gasteiger partial charge in [0.05, 0.1) is 17.1 Å². The van der Waals surface area contributed by atoms with E-state index in [9.17, 15) is 4.79 Å². The second-order valence-electron chi connectivity index (χ2n) is 6.87. The summed E-state index contributed by atoms with van der Waals surface area (Å²) in [6.45, 7) is 7.81. The molecular weight excluding hydrogens is 336 g/mol. The minimum Gasteiger partial charge on any atom is -0.349 e. The fraction of sp³-hybridized carbons (Fsp3) is 0.273. The van der Waals surface area contributed by atoms with Gasteiger partial charge in [-0.3, -0.25) is 14.8 Å². The first-order valence-electron chi connectivity index (χ1n) is 9.06. The molecule has 0 radical (unpaired) electrons. The molecule has 5 nitrogen and oxygen atoms in total. The van der Waals surface area contributed by atoms with Crippen molar-refractivity contribution in [2.75, 3.05) is 0 Å². The molecule has 3 aromatic rings. The maximum atomic E-state index is 12.5. The monoisotopic (exact) mass is 360 g/mol. The molecule has 0 spiro atoms. The summed E-state index contributed by atoms with van der Waals surface area (Å²) >= 11 is 0. The number of rotatable bonds is 5. The summed E-state index contributed by atoms with van der Waals surface area (Å²) < 4.78 is 0. The van der Waals surface area contributed by atoms with Crippen molar-refractivity contribution in [2.45, 2.75) is 40.2 Å². The molecule has 0 fully saturated rings. The maximum Gasteiger partial charge on any atom is 0.251 e. The molecule has 0 aliphatic heterocycles. The van der Waals surface area contributed by atoms with Crippen LogP contribution in [0.5, 0.6) is 0 Å². The van der Waals surface area contributed by atoms with Gasteiger partial charge in [-0.15, -0.1) is 0 Å².